The van der Waals surface area contributed by atoms with Gasteiger partial charge in [-0.1, -0.05) is 34.8 Å². The van der Waals surface area contributed by atoms with E-state index in [9.17, 15) is 4.79 Å². The van der Waals surface area contributed by atoms with Gasteiger partial charge in [0.05, 0.1) is 30.0 Å². The summed E-state index contributed by atoms with van der Waals surface area (Å²) in [4.78, 5) is 12.3. The summed E-state index contributed by atoms with van der Waals surface area (Å²) in [6.45, 7) is 0. The first-order valence-electron chi connectivity index (χ1n) is 6.14. The van der Waals surface area contributed by atoms with E-state index in [4.69, 9.17) is 44.3 Å². The van der Waals surface area contributed by atoms with Crippen molar-refractivity contribution in [3.05, 3.63) is 51.0 Å². The fourth-order valence-electron chi connectivity index (χ4n) is 1.82. The second-order valence-corrected chi connectivity index (χ2v) is 5.52. The lowest BCUT2D eigenvalue weighted by Gasteiger charge is -2.12. The molecule has 0 saturated heterocycles. The van der Waals surface area contributed by atoms with E-state index in [2.05, 4.69) is 5.32 Å². The molecule has 0 aliphatic rings. The zero-order chi connectivity index (χ0) is 16.3. The molecule has 0 unspecified atom stereocenters. The SMILES string of the molecule is COc1ccc(C(=O)Nc2c(Cl)cc(Cl)cc2Cl)cc1OC. The fraction of sp³-hybridized carbons (Fsp3) is 0.133. The van der Waals surface area contributed by atoms with Crippen LogP contribution in [0.4, 0.5) is 5.69 Å². The van der Waals surface area contributed by atoms with Crippen LogP contribution in [0.5, 0.6) is 11.5 Å². The van der Waals surface area contributed by atoms with E-state index < -0.39 is 0 Å². The van der Waals surface area contributed by atoms with Gasteiger partial charge in [0, 0.05) is 10.6 Å². The Morgan fingerprint density at radius 1 is 0.955 bits per heavy atom. The summed E-state index contributed by atoms with van der Waals surface area (Å²) < 4.78 is 10.3. The molecule has 1 amide bonds. The van der Waals surface area contributed by atoms with Gasteiger partial charge in [-0.15, -0.1) is 0 Å². The van der Waals surface area contributed by atoms with Crippen LogP contribution in [-0.4, -0.2) is 20.1 Å². The molecule has 4 nitrogen and oxygen atoms in total. The highest BCUT2D eigenvalue weighted by Crippen LogP contribution is 2.34. The molecule has 0 aliphatic carbocycles. The normalized spacial score (nSPS) is 10.2. The number of hydrogen-bond acceptors (Lipinski definition) is 3. The van der Waals surface area contributed by atoms with Gasteiger partial charge in [-0.3, -0.25) is 4.79 Å². The smallest absolute Gasteiger partial charge is 0.255 e. The number of ether oxygens (including phenoxy) is 2. The maximum atomic E-state index is 12.3. The number of halogens is 3. The molecule has 0 saturated carbocycles. The van der Waals surface area contributed by atoms with Crippen molar-refractivity contribution in [2.75, 3.05) is 19.5 Å². The molecule has 0 aromatic heterocycles. The van der Waals surface area contributed by atoms with Crippen molar-refractivity contribution in [2.24, 2.45) is 0 Å². The van der Waals surface area contributed by atoms with E-state index in [1.165, 1.54) is 26.4 Å². The van der Waals surface area contributed by atoms with Gasteiger partial charge in [-0.2, -0.15) is 0 Å². The Morgan fingerprint density at radius 2 is 1.55 bits per heavy atom. The van der Waals surface area contributed by atoms with Gasteiger partial charge in [0.15, 0.2) is 11.5 Å². The molecule has 1 N–H and O–H groups in total. The first-order valence-corrected chi connectivity index (χ1v) is 7.27. The molecule has 0 atom stereocenters. The Hall–Kier alpha value is -1.62. The van der Waals surface area contributed by atoms with Crippen molar-refractivity contribution in [2.45, 2.75) is 0 Å². The van der Waals surface area contributed by atoms with Crippen LogP contribution in [-0.2, 0) is 0 Å². The molecule has 0 fully saturated rings. The molecule has 7 heteroatoms. The minimum absolute atomic E-state index is 0.256. The second kappa shape index (κ2) is 7.09. The monoisotopic (exact) mass is 359 g/mol. The van der Waals surface area contributed by atoms with E-state index in [0.29, 0.717) is 27.8 Å². The fourth-order valence-corrected chi connectivity index (χ4v) is 2.74. The molecule has 116 valence electrons. The van der Waals surface area contributed by atoms with Gasteiger partial charge in [0.2, 0.25) is 0 Å². The van der Waals surface area contributed by atoms with Crippen molar-refractivity contribution in [1.82, 2.24) is 0 Å². The highest BCUT2D eigenvalue weighted by atomic mass is 35.5. The summed E-state index contributed by atoms with van der Waals surface area (Å²) >= 11 is 17.9. The number of amides is 1. The van der Waals surface area contributed by atoms with E-state index in [1.54, 1.807) is 18.2 Å². The molecule has 2 aromatic carbocycles. The molecule has 0 radical (unpaired) electrons. The standard InChI is InChI=1S/C15H12Cl3NO3/c1-21-12-4-3-8(5-13(12)22-2)15(20)19-14-10(17)6-9(16)7-11(14)18/h3-7H,1-2H3,(H,19,20). The maximum Gasteiger partial charge on any atom is 0.255 e. The van der Waals surface area contributed by atoms with Gasteiger partial charge in [0.1, 0.15) is 0 Å². The number of hydrogen-bond donors (Lipinski definition) is 1. The number of rotatable bonds is 4. The zero-order valence-electron chi connectivity index (χ0n) is 11.7. The van der Waals surface area contributed by atoms with Crippen LogP contribution in [0.1, 0.15) is 10.4 Å². The number of methoxy groups -OCH3 is 2. The molecular weight excluding hydrogens is 349 g/mol. The number of anilines is 1. The van der Waals surface area contributed by atoms with E-state index in [1.807, 2.05) is 0 Å². The van der Waals surface area contributed by atoms with Gasteiger partial charge in [-0.05, 0) is 30.3 Å². The Kier molecular flexibility index (Phi) is 5.40. The van der Waals surface area contributed by atoms with E-state index >= 15 is 0 Å². The van der Waals surface area contributed by atoms with Crippen molar-refractivity contribution < 1.29 is 14.3 Å². The molecule has 0 spiro atoms. The lowest BCUT2D eigenvalue weighted by molar-refractivity contribution is 0.102. The van der Waals surface area contributed by atoms with Crippen LogP contribution in [0.3, 0.4) is 0 Å². The van der Waals surface area contributed by atoms with Crippen LogP contribution in [0.2, 0.25) is 15.1 Å². The number of nitrogens with one attached hydrogen (secondary N) is 1. The highest BCUT2D eigenvalue weighted by molar-refractivity contribution is 6.42. The third kappa shape index (κ3) is 3.58. The number of carbonyl (C=O) groups is 1. The molecule has 2 rings (SSSR count). The van der Waals surface area contributed by atoms with Crippen LogP contribution in [0.15, 0.2) is 30.3 Å². The molecule has 0 heterocycles. The third-order valence-corrected chi connectivity index (χ3v) is 3.71. The predicted molar refractivity (Wildman–Crippen MR) is 89.0 cm³/mol. The minimum Gasteiger partial charge on any atom is -0.493 e. The van der Waals surface area contributed by atoms with E-state index in [0.717, 1.165) is 0 Å². The van der Waals surface area contributed by atoms with Crippen molar-refractivity contribution in [3.63, 3.8) is 0 Å². The highest BCUT2D eigenvalue weighted by Gasteiger charge is 2.15. The summed E-state index contributed by atoms with van der Waals surface area (Å²) in [5.74, 6) is 0.595. The van der Waals surface area contributed by atoms with Gasteiger partial charge in [0.25, 0.3) is 5.91 Å². The Bertz CT molecular complexity index is 696. The lowest BCUT2D eigenvalue weighted by atomic mass is 10.2. The second-order valence-electron chi connectivity index (χ2n) is 4.27. The van der Waals surface area contributed by atoms with Gasteiger partial charge in [-0.25, -0.2) is 0 Å². The quantitative estimate of drug-likeness (QED) is 0.842. The Labute approximate surface area is 142 Å². The molecular formula is C15H12Cl3NO3. The molecule has 0 bridgehead atoms. The summed E-state index contributed by atoms with van der Waals surface area (Å²) in [7, 11) is 3.01. The largest absolute Gasteiger partial charge is 0.493 e. The van der Waals surface area contributed by atoms with Crippen LogP contribution >= 0.6 is 34.8 Å². The summed E-state index contributed by atoms with van der Waals surface area (Å²) in [6.07, 6.45) is 0. The maximum absolute atomic E-state index is 12.3. The van der Waals surface area contributed by atoms with Crippen LogP contribution in [0.25, 0.3) is 0 Å². The number of benzene rings is 2. The average molecular weight is 361 g/mol. The Morgan fingerprint density at radius 3 is 2.09 bits per heavy atom. The zero-order valence-corrected chi connectivity index (χ0v) is 14.0. The molecule has 2 aromatic rings. The topological polar surface area (TPSA) is 47.6 Å². The average Bonchev–Trinajstić information content (AvgIpc) is 2.49. The van der Waals surface area contributed by atoms with Crippen molar-refractivity contribution in [1.29, 1.82) is 0 Å². The van der Waals surface area contributed by atoms with E-state index in [-0.39, 0.29) is 16.0 Å². The van der Waals surface area contributed by atoms with Crippen molar-refractivity contribution in [3.8, 4) is 11.5 Å². The minimum atomic E-state index is -0.382. The van der Waals surface area contributed by atoms with Gasteiger partial charge < -0.3 is 14.8 Å². The van der Waals surface area contributed by atoms with Crippen LogP contribution in [0, 0.1) is 0 Å². The lowest BCUT2D eigenvalue weighted by Crippen LogP contribution is -2.13. The van der Waals surface area contributed by atoms with Gasteiger partial charge >= 0.3 is 0 Å². The van der Waals surface area contributed by atoms with Crippen LogP contribution < -0.4 is 14.8 Å². The summed E-state index contributed by atoms with van der Waals surface area (Å²) in [6, 6.07) is 7.80. The predicted octanol–water partition coefficient (Wildman–Crippen LogP) is 4.92. The van der Waals surface area contributed by atoms with Crippen molar-refractivity contribution >= 4 is 46.4 Å². The summed E-state index contributed by atoms with van der Waals surface area (Å²) in [5, 5.41) is 3.55. The molecule has 22 heavy (non-hydrogen) atoms. The third-order valence-electron chi connectivity index (χ3n) is 2.89. The summed E-state index contributed by atoms with van der Waals surface area (Å²) in [5.41, 5.74) is 0.673. The first-order chi connectivity index (χ1) is 10.5. The molecule has 0 aliphatic heterocycles. The Balaban J connectivity index is 2.30. The first kappa shape index (κ1) is 16.7. The number of carbonyl (C=O) groups excluding carboxylic acids is 1.